The van der Waals surface area contributed by atoms with E-state index in [-0.39, 0.29) is 5.91 Å². The third-order valence-corrected chi connectivity index (χ3v) is 5.33. The van der Waals surface area contributed by atoms with Crippen molar-refractivity contribution in [3.8, 4) is 0 Å². The zero-order valence-electron chi connectivity index (χ0n) is 8.99. The van der Waals surface area contributed by atoms with Gasteiger partial charge in [-0.25, -0.2) is 0 Å². The van der Waals surface area contributed by atoms with Crippen LogP contribution in [0, 0.1) is 3.57 Å². The van der Waals surface area contributed by atoms with Crippen LogP contribution in [0.15, 0.2) is 22.7 Å². The van der Waals surface area contributed by atoms with Crippen molar-refractivity contribution in [2.45, 2.75) is 0 Å². The number of amides is 1. The Bertz CT molecular complexity index is 471. The van der Waals surface area contributed by atoms with E-state index in [9.17, 15) is 9.00 Å². The summed E-state index contributed by atoms with van der Waals surface area (Å²) in [6.45, 7) is 1.18. The molecule has 2 rings (SSSR count). The van der Waals surface area contributed by atoms with E-state index in [1.54, 1.807) is 4.90 Å². The minimum atomic E-state index is -0.749. The lowest BCUT2D eigenvalue weighted by molar-refractivity contribution is 0.0770. The van der Waals surface area contributed by atoms with E-state index in [0.29, 0.717) is 30.2 Å². The molecule has 0 bridgehead atoms. The van der Waals surface area contributed by atoms with Crippen LogP contribution in [0.4, 0.5) is 0 Å². The second kappa shape index (κ2) is 5.79. The van der Waals surface area contributed by atoms with Crippen molar-refractivity contribution in [1.29, 1.82) is 0 Å². The average molecular weight is 428 g/mol. The lowest BCUT2D eigenvalue weighted by atomic mass is 10.2. The molecule has 1 heterocycles. The highest BCUT2D eigenvalue weighted by Gasteiger charge is 2.22. The first kappa shape index (κ1) is 13.5. The fourth-order valence-electron chi connectivity index (χ4n) is 1.67. The molecule has 6 heteroatoms. The molecule has 0 N–H and O–H groups in total. The molecule has 17 heavy (non-hydrogen) atoms. The maximum Gasteiger partial charge on any atom is 0.255 e. The number of benzene rings is 1. The molecule has 0 atom stereocenters. The summed E-state index contributed by atoms with van der Waals surface area (Å²) in [7, 11) is -0.749. The monoisotopic (exact) mass is 427 g/mol. The van der Waals surface area contributed by atoms with Gasteiger partial charge in [0.15, 0.2) is 0 Å². The lowest BCUT2D eigenvalue weighted by Gasteiger charge is -2.26. The van der Waals surface area contributed by atoms with Crippen LogP contribution in [0.1, 0.15) is 10.4 Å². The molecule has 1 aliphatic heterocycles. The van der Waals surface area contributed by atoms with E-state index in [2.05, 4.69) is 38.5 Å². The summed E-state index contributed by atoms with van der Waals surface area (Å²) in [4.78, 5) is 14.1. The molecule has 0 spiro atoms. The van der Waals surface area contributed by atoms with E-state index in [1.165, 1.54) is 0 Å². The predicted molar refractivity (Wildman–Crippen MR) is 80.6 cm³/mol. The molecule has 92 valence electrons. The predicted octanol–water partition coefficient (Wildman–Crippen LogP) is 2.26. The zero-order valence-corrected chi connectivity index (χ0v) is 13.5. The Labute approximate surface area is 125 Å². The summed E-state index contributed by atoms with van der Waals surface area (Å²) in [5.74, 6) is 1.22. The number of hydrogen-bond acceptors (Lipinski definition) is 2. The van der Waals surface area contributed by atoms with Gasteiger partial charge in [-0.3, -0.25) is 9.00 Å². The van der Waals surface area contributed by atoms with Gasteiger partial charge in [0.05, 0.1) is 5.56 Å². The summed E-state index contributed by atoms with van der Waals surface area (Å²) in [5.41, 5.74) is 0.715. The van der Waals surface area contributed by atoms with Crippen LogP contribution >= 0.6 is 38.5 Å². The molecule has 0 unspecified atom stereocenters. The van der Waals surface area contributed by atoms with Crippen LogP contribution in [-0.4, -0.2) is 39.6 Å². The van der Waals surface area contributed by atoms with Crippen LogP contribution in [-0.2, 0) is 10.8 Å². The SMILES string of the molecule is O=C(c1cc(Br)ccc1I)N1CCS(=O)CC1. The molecule has 1 saturated heterocycles. The lowest BCUT2D eigenvalue weighted by Crippen LogP contribution is -2.42. The first-order chi connectivity index (χ1) is 8.08. The molecule has 1 amide bonds. The van der Waals surface area contributed by atoms with E-state index in [0.717, 1.165) is 8.04 Å². The fraction of sp³-hybridized carbons (Fsp3) is 0.364. The molecular weight excluding hydrogens is 417 g/mol. The van der Waals surface area contributed by atoms with Crippen LogP contribution in [0.2, 0.25) is 0 Å². The van der Waals surface area contributed by atoms with E-state index >= 15 is 0 Å². The van der Waals surface area contributed by atoms with Crippen LogP contribution < -0.4 is 0 Å². The summed E-state index contributed by atoms with van der Waals surface area (Å²) in [6.07, 6.45) is 0. The zero-order chi connectivity index (χ0) is 12.4. The first-order valence-electron chi connectivity index (χ1n) is 5.17. The van der Waals surface area contributed by atoms with Gasteiger partial charge in [-0.1, -0.05) is 15.9 Å². The molecule has 1 aromatic carbocycles. The Hall–Kier alpha value is 0.0500. The van der Waals surface area contributed by atoms with E-state index < -0.39 is 10.8 Å². The normalized spacial score (nSPS) is 17.2. The molecular formula is C11H11BrINO2S. The van der Waals surface area contributed by atoms with Crippen molar-refractivity contribution < 1.29 is 9.00 Å². The Kier molecular flexibility index (Phi) is 4.59. The molecule has 0 aromatic heterocycles. The Morgan fingerprint density at radius 3 is 2.65 bits per heavy atom. The minimum absolute atomic E-state index is 0.0346. The Morgan fingerprint density at radius 1 is 1.35 bits per heavy atom. The second-order valence-electron chi connectivity index (χ2n) is 3.76. The minimum Gasteiger partial charge on any atom is -0.337 e. The van der Waals surface area contributed by atoms with Gasteiger partial charge in [0.1, 0.15) is 0 Å². The van der Waals surface area contributed by atoms with Gasteiger partial charge in [-0.2, -0.15) is 0 Å². The standard InChI is InChI=1S/C11H11BrINO2S/c12-8-1-2-10(13)9(7-8)11(15)14-3-5-17(16)6-4-14/h1-2,7H,3-6H2. The summed E-state index contributed by atoms with van der Waals surface area (Å²) < 4.78 is 13.1. The number of nitrogens with zero attached hydrogens (tertiary/aromatic N) is 1. The van der Waals surface area contributed by atoms with Gasteiger partial charge in [0, 0.05) is 43.4 Å². The van der Waals surface area contributed by atoms with Crippen molar-refractivity contribution in [3.05, 3.63) is 31.8 Å². The molecule has 1 aliphatic rings. The number of rotatable bonds is 1. The quantitative estimate of drug-likeness (QED) is 0.644. The largest absolute Gasteiger partial charge is 0.337 e. The van der Waals surface area contributed by atoms with E-state index in [4.69, 9.17) is 0 Å². The molecule has 0 radical (unpaired) electrons. The molecule has 1 aromatic rings. The Balaban J connectivity index is 2.19. The molecule has 1 fully saturated rings. The summed E-state index contributed by atoms with van der Waals surface area (Å²) >= 11 is 5.54. The van der Waals surface area contributed by atoms with E-state index in [1.807, 2.05) is 18.2 Å². The van der Waals surface area contributed by atoms with Crippen molar-refractivity contribution in [2.24, 2.45) is 0 Å². The average Bonchev–Trinajstić information content (AvgIpc) is 2.32. The topological polar surface area (TPSA) is 37.4 Å². The molecule has 3 nitrogen and oxygen atoms in total. The maximum atomic E-state index is 12.3. The van der Waals surface area contributed by atoms with Gasteiger partial charge >= 0.3 is 0 Å². The highest BCUT2D eigenvalue weighted by Crippen LogP contribution is 2.20. The molecule has 0 aliphatic carbocycles. The van der Waals surface area contributed by atoms with Gasteiger partial charge in [-0.05, 0) is 40.8 Å². The third kappa shape index (κ3) is 3.29. The highest BCUT2D eigenvalue weighted by molar-refractivity contribution is 14.1. The van der Waals surface area contributed by atoms with Gasteiger partial charge in [-0.15, -0.1) is 0 Å². The van der Waals surface area contributed by atoms with Crippen molar-refractivity contribution in [1.82, 2.24) is 4.90 Å². The summed E-state index contributed by atoms with van der Waals surface area (Å²) in [6, 6.07) is 5.68. The maximum absolute atomic E-state index is 12.3. The first-order valence-corrected chi connectivity index (χ1v) is 8.53. The number of hydrogen-bond donors (Lipinski definition) is 0. The fourth-order valence-corrected chi connectivity index (χ4v) is 3.65. The number of carbonyl (C=O) groups is 1. The van der Waals surface area contributed by atoms with Crippen LogP contribution in [0.5, 0.6) is 0 Å². The van der Waals surface area contributed by atoms with Crippen molar-refractivity contribution in [3.63, 3.8) is 0 Å². The molecule has 0 saturated carbocycles. The smallest absolute Gasteiger partial charge is 0.255 e. The van der Waals surface area contributed by atoms with Crippen LogP contribution in [0.3, 0.4) is 0 Å². The van der Waals surface area contributed by atoms with Crippen molar-refractivity contribution >= 4 is 55.2 Å². The highest BCUT2D eigenvalue weighted by atomic mass is 127. The second-order valence-corrected chi connectivity index (χ2v) is 7.54. The van der Waals surface area contributed by atoms with Gasteiger partial charge in [0.25, 0.3) is 5.91 Å². The van der Waals surface area contributed by atoms with Gasteiger partial charge in [0.2, 0.25) is 0 Å². The Morgan fingerprint density at radius 2 is 2.00 bits per heavy atom. The van der Waals surface area contributed by atoms with Gasteiger partial charge < -0.3 is 4.90 Å². The van der Waals surface area contributed by atoms with Crippen molar-refractivity contribution in [2.75, 3.05) is 24.6 Å². The number of carbonyl (C=O) groups excluding carboxylic acids is 1. The third-order valence-electron chi connectivity index (χ3n) is 2.62. The van der Waals surface area contributed by atoms with Crippen LogP contribution in [0.25, 0.3) is 0 Å². The summed E-state index contributed by atoms with van der Waals surface area (Å²) in [5, 5.41) is 0. The number of halogens is 2.